The molecule has 2 nitrogen and oxygen atoms in total. The average molecular weight is 200 g/mol. The molecule has 0 bridgehead atoms. The van der Waals surface area contributed by atoms with Crippen molar-refractivity contribution in [3.05, 3.63) is 48.0 Å². The fourth-order valence-electron chi connectivity index (χ4n) is 1.95. The molecule has 1 heterocycles. The largest absolute Gasteiger partial charge is 0.386 e. The van der Waals surface area contributed by atoms with E-state index in [2.05, 4.69) is 12.1 Å². The van der Waals surface area contributed by atoms with Gasteiger partial charge in [-0.25, -0.2) is 0 Å². The second kappa shape index (κ2) is 3.33. The third-order valence-electron chi connectivity index (χ3n) is 2.85. The van der Waals surface area contributed by atoms with Gasteiger partial charge in [0.2, 0.25) is 0 Å². The quantitative estimate of drug-likeness (QED) is 0.754. The Morgan fingerprint density at radius 3 is 2.67 bits per heavy atom. The van der Waals surface area contributed by atoms with Gasteiger partial charge in [-0.3, -0.25) is 0 Å². The lowest BCUT2D eigenvalue weighted by Crippen LogP contribution is -2.05. The highest BCUT2D eigenvalue weighted by Crippen LogP contribution is 2.31. The van der Waals surface area contributed by atoms with E-state index in [9.17, 15) is 5.11 Å². The second-order valence-electron chi connectivity index (χ2n) is 3.88. The van der Waals surface area contributed by atoms with Crippen molar-refractivity contribution >= 4 is 10.8 Å². The number of epoxide rings is 1. The summed E-state index contributed by atoms with van der Waals surface area (Å²) in [5.41, 5.74) is 0.968. The van der Waals surface area contributed by atoms with E-state index in [1.165, 1.54) is 0 Å². The fourth-order valence-corrected chi connectivity index (χ4v) is 1.95. The molecule has 0 radical (unpaired) electrons. The standard InChI is InChI=1S/C13H12O2/c14-13(12-8-15-12)11-7-3-5-9-4-1-2-6-10(9)11/h1-7,12-14H,8H2. The van der Waals surface area contributed by atoms with E-state index < -0.39 is 6.10 Å². The maximum absolute atomic E-state index is 10.0. The highest BCUT2D eigenvalue weighted by atomic mass is 16.6. The SMILES string of the molecule is OC(c1cccc2ccccc12)C1CO1. The molecule has 0 saturated carbocycles. The van der Waals surface area contributed by atoms with Crippen LogP contribution in [0.15, 0.2) is 42.5 Å². The zero-order valence-corrected chi connectivity index (χ0v) is 8.26. The number of hydrogen-bond acceptors (Lipinski definition) is 2. The van der Waals surface area contributed by atoms with Crippen LogP contribution in [0, 0.1) is 0 Å². The van der Waals surface area contributed by atoms with Gasteiger partial charge in [-0.15, -0.1) is 0 Å². The number of hydrogen-bond donors (Lipinski definition) is 1. The van der Waals surface area contributed by atoms with Crippen molar-refractivity contribution in [2.45, 2.75) is 12.2 Å². The van der Waals surface area contributed by atoms with Crippen molar-refractivity contribution in [2.75, 3.05) is 6.61 Å². The first-order valence-electron chi connectivity index (χ1n) is 5.13. The molecule has 0 spiro atoms. The van der Waals surface area contributed by atoms with E-state index >= 15 is 0 Å². The van der Waals surface area contributed by atoms with Gasteiger partial charge in [0.1, 0.15) is 12.2 Å². The lowest BCUT2D eigenvalue weighted by atomic mass is 9.99. The molecular weight excluding hydrogens is 188 g/mol. The monoisotopic (exact) mass is 200 g/mol. The minimum Gasteiger partial charge on any atom is -0.386 e. The Balaban J connectivity index is 2.16. The summed E-state index contributed by atoms with van der Waals surface area (Å²) in [6.45, 7) is 0.671. The average Bonchev–Trinajstić information content (AvgIpc) is 3.11. The van der Waals surface area contributed by atoms with Crippen molar-refractivity contribution in [2.24, 2.45) is 0 Å². The minimum absolute atomic E-state index is 0.00388. The third kappa shape index (κ3) is 1.52. The number of rotatable bonds is 2. The third-order valence-corrected chi connectivity index (χ3v) is 2.85. The van der Waals surface area contributed by atoms with Gasteiger partial charge in [0.15, 0.2) is 0 Å². The van der Waals surface area contributed by atoms with Gasteiger partial charge in [-0.2, -0.15) is 0 Å². The summed E-state index contributed by atoms with van der Waals surface area (Å²) in [4.78, 5) is 0. The molecule has 2 atom stereocenters. The lowest BCUT2D eigenvalue weighted by Gasteiger charge is -2.10. The first kappa shape index (κ1) is 8.89. The first-order valence-corrected chi connectivity index (χ1v) is 5.13. The molecule has 1 saturated heterocycles. The number of ether oxygens (including phenoxy) is 1. The van der Waals surface area contributed by atoms with Crippen LogP contribution in [0.1, 0.15) is 11.7 Å². The van der Waals surface area contributed by atoms with Crippen molar-refractivity contribution < 1.29 is 9.84 Å². The van der Waals surface area contributed by atoms with Gasteiger partial charge in [0.25, 0.3) is 0 Å². The molecule has 2 unspecified atom stereocenters. The molecule has 15 heavy (non-hydrogen) atoms. The summed E-state index contributed by atoms with van der Waals surface area (Å²) in [5.74, 6) is 0. The van der Waals surface area contributed by atoms with Crippen molar-refractivity contribution in [1.29, 1.82) is 0 Å². The van der Waals surface area contributed by atoms with Gasteiger partial charge >= 0.3 is 0 Å². The van der Waals surface area contributed by atoms with Gasteiger partial charge in [0.05, 0.1) is 6.61 Å². The van der Waals surface area contributed by atoms with Gasteiger partial charge in [0, 0.05) is 0 Å². The molecule has 0 aliphatic carbocycles. The smallest absolute Gasteiger partial charge is 0.111 e. The van der Waals surface area contributed by atoms with E-state index in [-0.39, 0.29) is 6.10 Å². The number of fused-ring (bicyclic) bond motifs is 1. The number of benzene rings is 2. The minimum atomic E-state index is -0.490. The molecule has 2 heteroatoms. The van der Waals surface area contributed by atoms with Gasteiger partial charge in [-0.1, -0.05) is 42.5 Å². The Morgan fingerprint density at radius 2 is 1.87 bits per heavy atom. The summed E-state index contributed by atoms with van der Waals surface area (Å²) in [6, 6.07) is 14.1. The first-order chi connectivity index (χ1) is 7.36. The molecule has 0 amide bonds. The summed E-state index contributed by atoms with van der Waals surface area (Å²) in [6.07, 6.45) is -0.494. The summed E-state index contributed by atoms with van der Waals surface area (Å²) < 4.78 is 5.12. The Hall–Kier alpha value is -1.38. The normalized spacial score (nSPS) is 21.5. The van der Waals surface area contributed by atoms with Crippen LogP contribution in [0.2, 0.25) is 0 Å². The summed E-state index contributed by atoms with van der Waals surface area (Å²) in [7, 11) is 0. The second-order valence-corrected chi connectivity index (χ2v) is 3.88. The van der Waals surface area contributed by atoms with Crippen LogP contribution in [0.3, 0.4) is 0 Å². The van der Waals surface area contributed by atoms with Crippen LogP contribution in [-0.2, 0) is 4.74 Å². The van der Waals surface area contributed by atoms with Crippen molar-refractivity contribution in [3.63, 3.8) is 0 Å². The Labute approximate surface area is 88.1 Å². The molecule has 1 fully saturated rings. The topological polar surface area (TPSA) is 32.8 Å². The van der Waals surface area contributed by atoms with E-state index in [4.69, 9.17) is 4.74 Å². The van der Waals surface area contributed by atoms with Crippen LogP contribution >= 0.6 is 0 Å². The Kier molecular flexibility index (Phi) is 1.97. The highest BCUT2D eigenvalue weighted by molar-refractivity contribution is 5.86. The maximum atomic E-state index is 10.0. The highest BCUT2D eigenvalue weighted by Gasteiger charge is 2.32. The molecule has 1 aliphatic rings. The molecule has 1 N–H and O–H groups in total. The lowest BCUT2D eigenvalue weighted by molar-refractivity contribution is 0.138. The van der Waals surface area contributed by atoms with Crippen LogP contribution in [0.5, 0.6) is 0 Å². The maximum Gasteiger partial charge on any atom is 0.111 e. The predicted octanol–water partition coefficient (Wildman–Crippen LogP) is 2.27. The Morgan fingerprint density at radius 1 is 1.13 bits per heavy atom. The van der Waals surface area contributed by atoms with E-state index in [1.54, 1.807) is 0 Å². The zero-order chi connectivity index (χ0) is 10.3. The van der Waals surface area contributed by atoms with Crippen molar-refractivity contribution in [1.82, 2.24) is 0 Å². The molecule has 0 aromatic heterocycles. The molecule has 1 aliphatic heterocycles. The molecule has 76 valence electrons. The molecule has 2 aromatic rings. The molecule has 3 rings (SSSR count). The van der Waals surface area contributed by atoms with Crippen LogP contribution in [0.4, 0.5) is 0 Å². The molecular formula is C13H12O2. The van der Waals surface area contributed by atoms with Crippen molar-refractivity contribution in [3.8, 4) is 0 Å². The van der Waals surface area contributed by atoms with E-state index in [0.29, 0.717) is 6.61 Å². The number of aliphatic hydroxyl groups is 1. The van der Waals surface area contributed by atoms with Gasteiger partial charge in [-0.05, 0) is 16.3 Å². The van der Waals surface area contributed by atoms with Crippen LogP contribution in [0.25, 0.3) is 10.8 Å². The van der Waals surface area contributed by atoms with E-state index in [0.717, 1.165) is 16.3 Å². The van der Waals surface area contributed by atoms with Crippen LogP contribution < -0.4 is 0 Å². The Bertz CT molecular complexity index is 483. The summed E-state index contributed by atoms with van der Waals surface area (Å²) in [5, 5.41) is 12.3. The van der Waals surface area contributed by atoms with Crippen LogP contribution in [-0.4, -0.2) is 17.8 Å². The zero-order valence-electron chi connectivity index (χ0n) is 8.26. The number of aliphatic hydroxyl groups excluding tert-OH is 1. The van der Waals surface area contributed by atoms with Gasteiger partial charge < -0.3 is 9.84 Å². The molecule has 2 aromatic carbocycles. The van der Waals surface area contributed by atoms with E-state index in [1.807, 2.05) is 30.3 Å². The summed E-state index contributed by atoms with van der Waals surface area (Å²) >= 11 is 0. The predicted molar refractivity (Wildman–Crippen MR) is 58.6 cm³/mol. The fraction of sp³-hybridized carbons (Fsp3) is 0.231.